The smallest absolute Gasteiger partial charge is 0.410 e. The largest absolute Gasteiger partial charge is 0.415 e. The van der Waals surface area contributed by atoms with Gasteiger partial charge in [-0.3, -0.25) is 9.62 Å². The number of rotatable bonds is 6. The van der Waals surface area contributed by atoms with Gasteiger partial charge in [0.1, 0.15) is 5.75 Å². The van der Waals surface area contributed by atoms with E-state index in [0.717, 1.165) is 13.5 Å². The van der Waals surface area contributed by atoms with Crippen LogP contribution in [-0.2, 0) is 23.3 Å². The van der Waals surface area contributed by atoms with Crippen LogP contribution in [0.3, 0.4) is 0 Å². The van der Waals surface area contributed by atoms with Crippen LogP contribution in [0.25, 0.3) is 0 Å². The van der Waals surface area contributed by atoms with E-state index in [1.807, 2.05) is 9.44 Å². The Bertz CT molecular complexity index is 1220. The van der Waals surface area contributed by atoms with Crippen molar-refractivity contribution in [2.45, 2.75) is 19.5 Å². The van der Waals surface area contributed by atoms with E-state index >= 15 is 0 Å². The van der Waals surface area contributed by atoms with Crippen molar-refractivity contribution in [2.75, 3.05) is 24.9 Å². The Morgan fingerprint density at radius 3 is 2.79 bits per heavy atom. The topological polar surface area (TPSA) is 130 Å². The van der Waals surface area contributed by atoms with Crippen molar-refractivity contribution < 1.29 is 31.9 Å². The average molecular weight is 500 g/mol. The molecule has 2 amide bonds. The Balaban J connectivity index is 1.51. The predicted molar refractivity (Wildman–Crippen MR) is 115 cm³/mol. The molecule has 0 unspecified atom stereocenters. The fourth-order valence-corrected chi connectivity index (χ4v) is 3.86. The van der Waals surface area contributed by atoms with E-state index in [9.17, 15) is 22.4 Å². The number of hydrogen-bond donors (Lipinski definition) is 2. The van der Waals surface area contributed by atoms with Crippen LogP contribution in [0, 0.1) is 5.82 Å². The molecule has 14 heteroatoms. The number of halogens is 2. The highest BCUT2D eigenvalue weighted by Gasteiger charge is 2.29. The fraction of sp³-hybridized carbons (Fsp3) is 0.316. The molecule has 4 rings (SSSR count). The van der Waals surface area contributed by atoms with E-state index in [1.165, 1.54) is 34.2 Å². The van der Waals surface area contributed by atoms with Crippen molar-refractivity contribution in [2.24, 2.45) is 0 Å². The van der Waals surface area contributed by atoms with Crippen molar-refractivity contribution in [1.29, 1.82) is 0 Å². The van der Waals surface area contributed by atoms with Gasteiger partial charge in [-0.1, -0.05) is 11.6 Å². The molecule has 2 aliphatic heterocycles. The summed E-state index contributed by atoms with van der Waals surface area (Å²) in [5.41, 5.74) is 0.541. The number of hydrogen-bond acceptors (Lipinski definition) is 7. The fourth-order valence-electron chi connectivity index (χ4n) is 3.14. The van der Waals surface area contributed by atoms with Gasteiger partial charge in [0.15, 0.2) is 17.4 Å². The lowest BCUT2D eigenvalue weighted by molar-refractivity contribution is 0.124. The Morgan fingerprint density at radius 1 is 1.36 bits per heavy atom. The molecule has 1 fully saturated rings. The van der Waals surface area contributed by atoms with Gasteiger partial charge in [-0.2, -0.15) is 8.42 Å². The molecule has 33 heavy (non-hydrogen) atoms. The Labute approximate surface area is 193 Å². The van der Waals surface area contributed by atoms with E-state index in [-0.39, 0.29) is 35.2 Å². The maximum absolute atomic E-state index is 14.8. The number of benzene rings is 1. The normalized spacial score (nSPS) is 15.4. The summed E-state index contributed by atoms with van der Waals surface area (Å²) in [5.74, 6) is -1.20. The quantitative estimate of drug-likeness (QED) is 0.624. The number of amides is 2. The zero-order valence-corrected chi connectivity index (χ0v) is 18.9. The summed E-state index contributed by atoms with van der Waals surface area (Å²) in [6, 6.07) is 4.19. The van der Waals surface area contributed by atoms with Crippen molar-refractivity contribution >= 4 is 39.8 Å². The van der Waals surface area contributed by atoms with Crippen LogP contribution in [0.1, 0.15) is 17.5 Å². The number of carbonyl (C=O) groups is 2. The van der Waals surface area contributed by atoms with Crippen LogP contribution in [0.4, 0.5) is 19.8 Å². The maximum atomic E-state index is 14.8. The Morgan fingerprint density at radius 2 is 2.12 bits per heavy atom. The Hall–Kier alpha value is -3.16. The van der Waals surface area contributed by atoms with Gasteiger partial charge in [0.25, 0.3) is 10.2 Å². The third-order valence-electron chi connectivity index (χ3n) is 5.07. The molecule has 0 bridgehead atoms. The summed E-state index contributed by atoms with van der Waals surface area (Å²) in [5, 5.41) is 0.152. The summed E-state index contributed by atoms with van der Waals surface area (Å²) in [6.45, 7) is 1.03. The number of nitrogens with zero attached hydrogens (tertiary/aromatic N) is 3. The van der Waals surface area contributed by atoms with E-state index in [4.69, 9.17) is 21.1 Å². The first-order valence-electron chi connectivity index (χ1n) is 9.77. The summed E-state index contributed by atoms with van der Waals surface area (Å²) < 4.78 is 52.6. The Kier molecular flexibility index (Phi) is 6.28. The zero-order chi connectivity index (χ0) is 23.8. The molecule has 2 aliphatic rings. The predicted octanol–water partition coefficient (Wildman–Crippen LogP) is 2.47. The molecule has 1 aromatic heterocycles. The summed E-state index contributed by atoms with van der Waals surface area (Å²) in [7, 11) is -2.82. The number of aromatic nitrogens is 1. The highest BCUT2D eigenvalue weighted by atomic mass is 35.5. The number of carbonyl (C=O) groups excluding carboxylic acids is 2. The lowest BCUT2D eigenvalue weighted by atomic mass is 10.1. The minimum atomic E-state index is -3.98. The van der Waals surface area contributed by atoms with Crippen LogP contribution in [0.15, 0.2) is 24.4 Å². The molecule has 1 aromatic carbocycles. The van der Waals surface area contributed by atoms with E-state index in [1.54, 1.807) is 0 Å². The second-order valence-electron chi connectivity index (χ2n) is 7.27. The lowest BCUT2D eigenvalue weighted by Gasteiger charge is -2.30. The highest BCUT2D eigenvalue weighted by Crippen LogP contribution is 2.37. The molecule has 0 saturated carbocycles. The van der Waals surface area contributed by atoms with Crippen LogP contribution >= 0.6 is 11.6 Å². The number of anilines is 1. The second kappa shape index (κ2) is 9.00. The van der Waals surface area contributed by atoms with E-state index in [0.29, 0.717) is 18.7 Å². The van der Waals surface area contributed by atoms with Crippen LogP contribution < -0.4 is 18.9 Å². The molecule has 176 valence electrons. The van der Waals surface area contributed by atoms with E-state index in [2.05, 4.69) is 4.98 Å². The van der Waals surface area contributed by atoms with Gasteiger partial charge in [-0.05, 0) is 18.6 Å². The zero-order valence-electron chi connectivity index (χ0n) is 17.3. The number of likely N-dealkylation sites (tertiary alicyclic amines) is 1. The molecule has 0 atom stereocenters. The summed E-state index contributed by atoms with van der Waals surface area (Å²) in [4.78, 5) is 31.0. The maximum Gasteiger partial charge on any atom is 0.415 e. The molecule has 0 radical (unpaired) electrons. The number of pyridine rings is 1. The van der Waals surface area contributed by atoms with Gasteiger partial charge >= 0.3 is 12.2 Å². The van der Waals surface area contributed by atoms with Crippen molar-refractivity contribution in [3.63, 3.8) is 0 Å². The second-order valence-corrected chi connectivity index (χ2v) is 9.29. The van der Waals surface area contributed by atoms with Crippen molar-refractivity contribution in [1.82, 2.24) is 19.5 Å². The van der Waals surface area contributed by atoms with Crippen molar-refractivity contribution in [3.8, 4) is 11.5 Å². The van der Waals surface area contributed by atoms with Crippen LogP contribution in [-0.4, -0.2) is 55.5 Å². The molecular weight excluding hydrogens is 481 g/mol. The first-order chi connectivity index (χ1) is 15.7. The van der Waals surface area contributed by atoms with Gasteiger partial charge in [0.05, 0.1) is 18.1 Å². The number of nitrogens with one attached hydrogen (secondary N) is 2. The lowest BCUT2D eigenvalue weighted by Crippen LogP contribution is -2.43. The minimum absolute atomic E-state index is 0.0189. The standard InChI is InChI=1S/C19H19ClFN5O6S/c1-22-33(29,30)24-17-16(21)11(3-4-23-17)9-26-10-12-7-13(20)15(8-14(12)31-19(26)28)32-18(27)25-5-2-6-25/h3-4,7-8,22H,2,5-6,9-10H2,1H3,(H,23,24). The highest BCUT2D eigenvalue weighted by molar-refractivity contribution is 7.90. The first-order valence-corrected chi connectivity index (χ1v) is 11.6. The van der Waals surface area contributed by atoms with E-state index < -0.39 is 34.0 Å². The molecule has 0 spiro atoms. The van der Waals surface area contributed by atoms with Crippen LogP contribution in [0.5, 0.6) is 11.5 Å². The minimum Gasteiger partial charge on any atom is -0.410 e. The molecule has 2 N–H and O–H groups in total. The van der Waals surface area contributed by atoms with Crippen molar-refractivity contribution in [3.05, 3.63) is 46.4 Å². The molecular formula is C19H19ClFN5O6S. The molecule has 0 aliphatic carbocycles. The molecule has 3 heterocycles. The average Bonchev–Trinajstić information content (AvgIpc) is 2.71. The third-order valence-corrected chi connectivity index (χ3v) is 6.37. The van der Waals surface area contributed by atoms with Gasteiger partial charge in [-0.25, -0.2) is 23.7 Å². The van der Waals surface area contributed by atoms with Gasteiger partial charge in [-0.15, -0.1) is 0 Å². The first kappa shape index (κ1) is 23.0. The van der Waals surface area contributed by atoms with Gasteiger partial charge in [0, 0.05) is 43.5 Å². The molecule has 1 saturated heterocycles. The third kappa shape index (κ3) is 4.94. The summed E-state index contributed by atoms with van der Waals surface area (Å²) in [6.07, 6.45) is 0.815. The molecule has 2 aromatic rings. The summed E-state index contributed by atoms with van der Waals surface area (Å²) >= 11 is 6.24. The number of ether oxygens (including phenoxy) is 2. The monoisotopic (exact) mass is 499 g/mol. The SMILES string of the molecule is CNS(=O)(=O)Nc1nccc(CN2Cc3cc(Cl)c(OC(=O)N4CCC4)cc3OC2=O)c1F. The molecule has 11 nitrogen and oxygen atoms in total. The van der Waals surface area contributed by atoms with Gasteiger partial charge in [0.2, 0.25) is 0 Å². The van der Waals surface area contributed by atoms with Crippen LogP contribution in [0.2, 0.25) is 5.02 Å². The van der Waals surface area contributed by atoms with Gasteiger partial charge < -0.3 is 14.4 Å². The number of fused-ring (bicyclic) bond motifs is 1.